The summed E-state index contributed by atoms with van der Waals surface area (Å²) in [5.74, 6) is 1.01. The fourth-order valence-electron chi connectivity index (χ4n) is 3.38. The molecule has 0 radical (unpaired) electrons. The van der Waals surface area contributed by atoms with Gasteiger partial charge in [-0.05, 0) is 36.7 Å². The Kier molecular flexibility index (Phi) is 4.78. The minimum Gasteiger partial charge on any atom is -0.492 e. The van der Waals surface area contributed by atoms with Crippen molar-refractivity contribution in [1.29, 1.82) is 0 Å². The summed E-state index contributed by atoms with van der Waals surface area (Å²) in [5.41, 5.74) is 2.90. The Labute approximate surface area is 127 Å². The SMILES string of the molecule is CCC1c2cc(OCCN3CCOCC3)ccc2CN1C. The van der Waals surface area contributed by atoms with Crippen LogP contribution in [-0.4, -0.2) is 56.3 Å². The van der Waals surface area contributed by atoms with E-state index >= 15 is 0 Å². The maximum atomic E-state index is 5.96. The van der Waals surface area contributed by atoms with Crippen LogP contribution in [0.15, 0.2) is 18.2 Å². The van der Waals surface area contributed by atoms with E-state index in [-0.39, 0.29) is 0 Å². The third-order valence-electron chi connectivity index (χ3n) is 4.59. The van der Waals surface area contributed by atoms with Crippen LogP contribution in [0.5, 0.6) is 5.75 Å². The van der Waals surface area contributed by atoms with E-state index in [4.69, 9.17) is 9.47 Å². The topological polar surface area (TPSA) is 24.9 Å². The number of hydrogen-bond acceptors (Lipinski definition) is 4. The lowest BCUT2D eigenvalue weighted by atomic mass is 10.0. The Bertz CT molecular complexity index is 472. The summed E-state index contributed by atoms with van der Waals surface area (Å²) < 4.78 is 11.3. The second-order valence-corrected chi connectivity index (χ2v) is 6.00. The number of morpholine rings is 1. The van der Waals surface area contributed by atoms with E-state index in [1.807, 2.05) is 0 Å². The third kappa shape index (κ3) is 3.39. The molecule has 1 aromatic carbocycles. The lowest BCUT2D eigenvalue weighted by Gasteiger charge is -2.26. The monoisotopic (exact) mass is 290 g/mol. The molecule has 2 heterocycles. The number of ether oxygens (including phenoxy) is 2. The van der Waals surface area contributed by atoms with Gasteiger partial charge in [0.15, 0.2) is 0 Å². The highest BCUT2D eigenvalue weighted by Crippen LogP contribution is 2.36. The van der Waals surface area contributed by atoms with Crippen molar-refractivity contribution in [3.05, 3.63) is 29.3 Å². The molecule has 0 bridgehead atoms. The van der Waals surface area contributed by atoms with Crippen LogP contribution in [0.1, 0.15) is 30.5 Å². The number of hydrogen-bond donors (Lipinski definition) is 0. The number of nitrogens with zero attached hydrogens (tertiary/aromatic N) is 2. The standard InChI is InChI=1S/C17H26N2O2/c1-3-17-16-12-15(5-4-14(16)13-18(17)2)21-11-8-19-6-9-20-10-7-19/h4-5,12,17H,3,6-11,13H2,1-2H3. The Hall–Kier alpha value is -1.10. The molecule has 116 valence electrons. The molecule has 1 unspecified atom stereocenters. The molecule has 4 nitrogen and oxygen atoms in total. The fraction of sp³-hybridized carbons (Fsp3) is 0.647. The molecule has 1 fully saturated rings. The van der Waals surface area contributed by atoms with Crippen molar-refractivity contribution in [3.8, 4) is 5.75 Å². The molecule has 2 aliphatic heterocycles. The summed E-state index contributed by atoms with van der Waals surface area (Å²) >= 11 is 0. The second kappa shape index (κ2) is 6.77. The van der Waals surface area contributed by atoms with E-state index in [1.165, 1.54) is 11.1 Å². The minimum atomic E-state index is 0.544. The van der Waals surface area contributed by atoms with Gasteiger partial charge in [0.25, 0.3) is 0 Å². The summed E-state index contributed by atoms with van der Waals surface area (Å²) in [5, 5.41) is 0. The maximum absolute atomic E-state index is 5.96. The molecule has 3 rings (SSSR count). The van der Waals surface area contributed by atoms with Crippen molar-refractivity contribution in [3.63, 3.8) is 0 Å². The number of benzene rings is 1. The summed E-state index contributed by atoms with van der Waals surface area (Å²) in [6.45, 7) is 8.80. The number of fused-ring (bicyclic) bond motifs is 1. The van der Waals surface area contributed by atoms with Crippen molar-refractivity contribution in [2.24, 2.45) is 0 Å². The molecule has 21 heavy (non-hydrogen) atoms. The van der Waals surface area contributed by atoms with Crippen molar-refractivity contribution in [2.45, 2.75) is 25.9 Å². The average Bonchev–Trinajstić information content (AvgIpc) is 2.83. The van der Waals surface area contributed by atoms with E-state index in [1.54, 1.807) is 0 Å². The van der Waals surface area contributed by atoms with Crippen molar-refractivity contribution >= 4 is 0 Å². The molecule has 4 heteroatoms. The van der Waals surface area contributed by atoms with Crippen molar-refractivity contribution in [1.82, 2.24) is 9.80 Å². The molecular weight excluding hydrogens is 264 g/mol. The van der Waals surface area contributed by atoms with Crippen LogP contribution >= 0.6 is 0 Å². The molecule has 0 saturated carbocycles. The van der Waals surface area contributed by atoms with Gasteiger partial charge in [-0.3, -0.25) is 9.80 Å². The van der Waals surface area contributed by atoms with Gasteiger partial charge >= 0.3 is 0 Å². The first-order chi connectivity index (χ1) is 10.3. The first-order valence-electron chi connectivity index (χ1n) is 8.04. The highest BCUT2D eigenvalue weighted by molar-refractivity contribution is 5.40. The van der Waals surface area contributed by atoms with Crippen LogP contribution in [0.2, 0.25) is 0 Å². The zero-order valence-corrected chi connectivity index (χ0v) is 13.2. The van der Waals surface area contributed by atoms with Crippen LogP contribution < -0.4 is 4.74 Å². The minimum absolute atomic E-state index is 0.544. The first-order valence-corrected chi connectivity index (χ1v) is 8.04. The van der Waals surface area contributed by atoms with Gasteiger partial charge in [0.2, 0.25) is 0 Å². The molecule has 0 aromatic heterocycles. The predicted octanol–water partition coefficient (Wildman–Crippen LogP) is 2.29. The largest absolute Gasteiger partial charge is 0.492 e. The molecule has 0 spiro atoms. The third-order valence-corrected chi connectivity index (χ3v) is 4.59. The fourth-order valence-corrected chi connectivity index (χ4v) is 3.38. The van der Waals surface area contributed by atoms with Gasteiger partial charge in [0, 0.05) is 32.2 Å². The van der Waals surface area contributed by atoms with Crippen LogP contribution in [0, 0.1) is 0 Å². The molecule has 1 saturated heterocycles. The predicted molar refractivity (Wildman–Crippen MR) is 83.7 cm³/mol. The zero-order valence-electron chi connectivity index (χ0n) is 13.2. The Morgan fingerprint density at radius 2 is 2.10 bits per heavy atom. The van der Waals surface area contributed by atoms with E-state index in [2.05, 4.69) is 42.0 Å². The molecule has 0 N–H and O–H groups in total. The molecular formula is C17H26N2O2. The highest BCUT2D eigenvalue weighted by Gasteiger charge is 2.26. The van der Waals surface area contributed by atoms with E-state index in [0.717, 1.165) is 58.2 Å². The quantitative estimate of drug-likeness (QED) is 0.831. The first kappa shape index (κ1) is 14.8. The van der Waals surface area contributed by atoms with Crippen molar-refractivity contribution < 1.29 is 9.47 Å². The summed E-state index contributed by atoms with van der Waals surface area (Å²) in [7, 11) is 2.20. The van der Waals surface area contributed by atoms with Crippen LogP contribution in [0.3, 0.4) is 0 Å². The molecule has 2 aliphatic rings. The van der Waals surface area contributed by atoms with Crippen LogP contribution in [-0.2, 0) is 11.3 Å². The summed E-state index contributed by atoms with van der Waals surface area (Å²) in [6.07, 6.45) is 1.15. The molecule has 0 amide bonds. The lowest BCUT2D eigenvalue weighted by Crippen LogP contribution is -2.38. The van der Waals surface area contributed by atoms with Gasteiger partial charge in [-0.2, -0.15) is 0 Å². The normalized spacial score (nSPS) is 23.2. The van der Waals surface area contributed by atoms with E-state index < -0.39 is 0 Å². The second-order valence-electron chi connectivity index (χ2n) is 6.00. The van der Waals surface area contributed by atoms with E-state index in [0.29, 0.717) is 6.04 Å². The zero-order chi connectivity index (χ0) is 14.7. The Morgan fingerprint density at radius 3 is 2.86 bits per heavy atom. The number of rotatable bonds is 5. The van der Waals surface area contributed by atoms with Crippen LogP contribution in [0.25, 0.3) is 0 Å². The van der Waals surface area contributed by atoms with Gasteiger partial charge in [-0.25, -0.2) is 0 Å². The van der Waals surface area contributed by atoms with Crippen LogP contribution in [0.4, 0.5) is 0 Å². The Balaban J connectivity index is 1.56. The van der Waals surface area contributed by atoms with Gasteiger partial charge in [0.1, 0.15) is 12.4 Å². The van der Waals surface area contributed by atoms with Gasteiger partial charge < -0.3 is 9.47 Å². The van der Waals surface area contributed by atoms with Crippen molar-refractivity contribution in [2.75, 3.05) is 46.5 Å². The summed E-state index contributed by atoms with van der Waals surface area (Å²) in [6, 6.07) is 7.13. The Morgan fingerprint density at radius 1 is 1.29 bits per heavy atom. The lowest BCUT2D eigenvalue weighted by molar-refractivity contribution is 0.0322. The molecule has 0 aliphatic carbocycles. The van der Waals surface area contributed by atoms with Gasteiger partial charge in [0.05, 0.1) is 13.2 Å². The molecule has 1 aromatic rings. The maximum Gasteiger partial charge on any atom is 0.119 e. The molecule has 1 atom stereocenters. The smallest absolute Gasteiger partial charge is 0.119 e. The van der Waals surface area contributed by atoms with Gasteiger partial charge in [-0.1, -0.05) is 13.0 Å². The highest BCUT2D eigenvalue weighted by atomic mass is 16.5. The van der Waals surface area contributed by atoms with E-state index in [9.17, 15) is 0 Å². The average molecular weight is 290 g/mol. The van der Waals surface area contributed by atoms with Gasteiger partial charge in [-0.15, -0.1) is 0 Å². The summed E-state index contributed by atoms with van der Waals surface area (Å²) in [4.78, 5) is 4.82.